The predicted octanol–water partition coefficient (Wildman–Crippen LogP) is 3.31. The number of nitrogens with zero attached hydrogens (tertiary/aromatic N) is 2. The molecule has 0 saturated heterocycles. The Morgan fingerprint density at radius 2 is 1.89 bits per heavy atom. The molecule has 2 aromatic rings. The zero-order valence-electron chi connectivity index (χ0n) is 14.7. The number of carbonyl (C=O) groups is 2. The molecule has 28 heavy (non-hydrogen) atoms. The van der Waals surface area contributed by atoms with Gasteiger partial charge >= 0.3 is 5.97 Å². The molecular formula is C20H14ClN3O4. The van der Waals surface area contributed by atoms with Gasteiger partial charge in [-0.15, -0.1) is 0 Å². The van der Waals surface area contributed by atoms with Crippen LogP contribution in [0.2, 0.25) is 5.02 Å². The lowest BCUT2D eigenvalue weighted by Gasteiger charge is -2.08. The normalized spacial score (nSPS) is 10.4. The Morgan fingerprint density at radius 3 is 2.50 bits per heavy atom. The molecule has 0 fully saturated rings. The molecule has 7 nitrogen and oxygen atoms in total. The highest BCUT2D eigenvalue weighted by Crippen LogP contribution is 2.20. The fraction of sp³-hybridized carbons (Fsp3) is 0.100. The van der Waals surface area contributed by atoms with Crippen LogP contribution in [-0.4, -0.2) is 25.6 Å². The second-order valence-electron chi connectivity index (χ2n) is 5.37. The van der Waals surface area contributed by atoms with Gasteiger partial charge in [0, 0.05) is 5.02 Å². The number of nitriles is 2. The molecule has 1 N–H and O–H groups in total. The van der Waals surface area contributed by atoms with E-state index in [9.17, 15) is 9.59 Å². The first-order chi connectivity index (χ1) is 13.5. The van der Waals surface area contributed by atoms with Crippen LogP contribution in [0.3, 0.4) is 0 Å². The summed E-state index contributed by atoms with van der Waals surface area (Å²) in [4.78, 5) is 24.0. The first-order valence-corrected chi connectivity index (χ1v) is 8.27. The predicted molar refractivity (Wildman–Crippen MR) is 102 cm³/mol. The van der Waals surface area contributed by atoms with Crippen LogP contribution in [0.25, 0.3) is 6.08 Å². The van der Waals surface area contributed by atoms with Crippen molar-refractivity contribution in [2.75, 3.05) is 19.0 Å². The molecule has 0 saturated carbocycles. The smallest absolute Gasteiger partial charge is 0.349 e. The number of benzene rings is 2. The number of rotatable bonds is 6. The van der Waals surface area contributed by atoms with Gasteiger partial charge in [-0.1, -0.05) is 23.7 Å². The van der Waals surface area contributed by atoms with Crippen molar-refractivity contribution in [2.45, 2.75) is 0 Å². The van der Waals surface area contributed by atoms with Crippen molar-refractivity contribution in [1.82, 2.24) is 0 Å². The van der Waals surface area contributed by atoms with E-state index in [2.05, 4.69) is 5.32 Å². The molecule has 0 atom stereocenters. The highest BCUT2D eigenvalue weighted by atomic mass is 35.5. The first kappa shape index (κ1) is 20.5. The van der Waals surface area contributed by atoms with E-state index < -0.39 is 18.5 Å². The minimum absolute atomic E-state index is 0.199. The van der Waals surface area contributed by atoms with Crippen LogP contribution in [0.15, 0.2) is 48.0 Å². The standard InChI is InChI=1S/C20H14ClN3O4/c1-27-17-6-2-13(3-7-17)8-15(11-23)20(26)28-12-19(25)24-18-9-16(21)5-4-14(18)10-22/h2-9H,12H2,1H3,(H,24,25). The molecule has 0 aliphatic carbocycles. The Morgan fingerprint density at radius 1 is 1.18 bits per heavy atom. The summed E-state index contributed by atoms with van der Waals surface area (Å²) in [6, 6.07) is 14.7. The second-order valence-corrected chi connectivity index (χ2v) is 5.81. The number of ether oxygens (including phenoxy) is 2. The summed E-state index contributed by atoms with van der Waals surface area (Å²) in [7, 11) is 1.52. The highest BCUT2D eigenvalue weighted by Gasteiger charge is 2.14. The maximum Gasteiger partial charge on any atom is 0.349 e. The third kappa shape index (κ3) is 5.60. The molecule has 0 aromatic heterocycles. The Kier molecular flexibility index (Phi) is 7.15. The van der Waals surface area contributed by atoms with Crippen molar-refractivity contribution >= 4 is 35.2 Å². The molecule has 0 unspecified atom stereocenters. The molecule has 0 bridgehead atoms. The summed E-state index contributed by atoms with van der Waals surface area (Å²) in [6.45, 7) is -0.627. The first-order valence-electron chi connectivity index (χ1n) is 7.89. The molecule has 1 amide bonds. The van der Waals surface area contributed by atoms with E-state index in [0.29, 0.717) is 16.3 Å². The monoisotopic (exact) mass is 395 g/mol. The lowest BCUT2D eigenvalue weighted by molar-refractivity contribution is -0.142. The minimum Gasteiger partial charge on any atom is -0.497 e. The summed E-state index contributed by atoms with van der Waals surface area (Å²) in [5.41, 5.74) is 0.737. The third-order valence-corrected chi connectivity index (χ3v) is 3.71. The number of anilines is 1. The van der Waals surface area contributed by atoms with Crippen molar-refractivity contribution in [1.29, 1.82) is 10.5 Å². The molecule has 8 heteroatoms. The summed E-state index contributed by atoms with van der Waals surface area (Å²) in [6.07, 6.45) is 1.34. The van der Waals surface area contributed by atoms with Gasteiger partial charge in [-0.2, -0.15) is 10.5 Å². The Bertz CT molecular complexity index is 1000. The number of esters is 1. The fourth-order valence-corrected chi connectivity index (χ4v) is 2.29. The van der Waals surface area contributed by atoms with Gasteiger partial charge in [-0.3, -0.25) is 4.79 Å². The van der Waals surface area contributed by atoms with Crippen LogP contribution in [0.5, 0.6) is 5.75 Å². The number of nitrogens with one attached hydrogen (secondary N) is 1. The Labute approximate surface area is 166 Å². The van der Waals surface area contributed by atoms with Crippen LogP contribution < -0.4 is 10.1 Å². The number of hydrogen-bond acceptors (Lipinski definition) is 6. The van der Waals surface area contributed by atoms with Gasteiger partial charge in [0.25, 0.3) is 5.91 Å². The van der Waals surface area contributed by atoms with Crippen LogP contribution in [0.1, 0.15) is 11.1 Å². The summed E-state index contributed by atoms with van der Waals surface area (Å²) < 4.78 is 9.90. The minimum atomic E-state index is -0.944. The highest BCUT2D eigenvalue weighted by molar-refractivity contribution is 6.31. The quantitative estimate of drug-likeness (QED) is 0.456. The van der Waals surface area contributed by atoms with E-state index in [1.54, 1.807) is 30.3 Å². The number of carbonyl (C=O) groups excluding carboxylic acids is 2. The molecule has 0 radical (unpaired) electrons. The summed E-state index contributed by atoms with van der Waals surface area (Å²) in [5, 5.41) is 21.0. The lowest BCUT2D eigenvalue weighted by atomic mass is 10.1. The van der Waals surface area contributed by atoms with E-state index in [0.717, 1.165) is 0 Å². The van der Waals surface area contributed by atoms with Crippen LogP contribution >= 0.6 is 11.6 Å². The van der Waals surface area contributed by atoms with Crippen molar-refractivity contribution in [2.24, 2.45) is 0 Å². The Balaban J connectivity index is 2.00. The van der Waals surface area contributed by atoms with Crippen molar-refractivity contribution in [3.63, 3.8) is 0 Å². The van der Waals surface area contributed by atoms with Gasteiger partial charge in [0.1, 0.15) is 23.5 Å². The number of hydrogen-bond donors (Lipinski definition) is 1. The average Bonchev–Trinajstić information content (AvgIpc) is 2.71. The lowest BCUT2D eigenvalue weighted by Crippen LogP contribution is -2.21. The van der Waals surface area contributed by atoms with Crippen molar-refractivity contribution in [3.8, 4) is 17.9 Å². The SMILES string of the molecule is COc1ccc(C=C(C#N)C(=O)OCC(=O)Nc2cc(Cl)ccc2C#N)cc1. The van der Waals surface area contributed by atoms with E-state index >= 15 is 0 Å². The van der Waals surface area contributed by atoms with Crippen molar-refractivity contribution in [3.05, 3.63) is 64.2 Å². The number of halogens is 1. The molecule has 2 rings (SSSR count). The van der Waals surface area contributed by atoms with Crippen LogP contribution in [0, 0.1) is 22.7 Å². The van der Waals surface area contributed by atoms with Gasteiger partial charge in [0.15, 0.2) is 6.61 Å². The Hall–Kier alpha value is -3.81. The number of methoxy groups -OCH3 is 1. The number of amides is 1. The van der Waals surface area contributed by atoms with E-state index in [1.807, 2.05) is 6.07 Å². The van der Waals surface area contributed by atoms with Crippen LogP contribution in [-0.2, 0) is 14.3 Å². The fourth-order valence-electron chi connectivity index (χ4n) is 2.12. The van der Waals surface area contributed by atoms with Crippen LogP contribution in [0.4, 0.5) is 5.69 Å². The molecule has 0 heterocycles. The summed E-state index contributed by atoms with van der Waals surface area (Å²) >= 11 is 5.84. The molecule has 0 aliphatic rings. The average molecular weight is 396 g/mol. The molecular weight excluding hydrogens is 382 g/mol. The zero-order chi connectivity index (χ0) is 20.5. The molecule has 0 aliphatic heterocycles. The maximum absolute atomic E-state index is 12.0. The van der Waals surface area contributed by atoms with Gasteiger partial charge in [-0.05, 0) is 42.0 Å². The summed E-state index contributed by atoms with van der Waals surface area (Å²) in [5.74, 6) is -0.985. The van der Waals surface area contributed by atoms with Crippen molar-refractivity contribution < 1.29 is 19.1 Å². The zero-order valence-corrected chi connectivity index (χ0v) is 15.5. The topological polar surface area (TPSA) is 112 Å². The van der Waals surface area contributed by atoms with Gasteiger partial charge in [0.2, 0.25) is 0 Å². The van der Waals surface area contributed by atoms with Gasteiger partial charge in [0.05, 0.1) is 18.4 Å². The largest absolute Gasteiger partial charge is 0.497 e. The molecule has 2 aromatic carbocycles. The van der Waals surface area contributed by atoms with Gasteiger partial charge in [-0.25, -0.2) is 4.79 Å². The van der Waals surface area contributed by atoms with E-state index in [-0.39, 0.29) is 16.8 Å². The maximum atomic E-state index is 12.0. The molecule has 140 valence electrons. The molecule has 0 spiro atoms. The van der Waals surface area contributed by atoms with Gasteiger partial charge < -0.3 is 14.8 Å². The van der Waals surface area contributed by atoms with E-state index in [4.69, 9.17) is 31.6 Å². The second kappa shape index (κ2) is 9.77. The van der Waals surface area contributed by atoms with E-state index in [1.165, 1.54) is 31.4 Å². The third-order valence-electron chi connectivity index (χ3n) is 3.48.